The molecule has 0 bridgehead atoms. The number of hydrogen-bond donors (Lipinski definition) is 1. The molecular weight excluding hydrogens is 302 g/mol. The highest BCUT2D eigenvalue weighted by Gasteiger charge is 2.26. The summed E-state index contributed by atoms with van der Waals surface area (Å²) in [6, 6.07) is 16.0. The average Bonchev–Trinajstić information content (AvgIpc) is 2.55. The molecule has 2 aromatic carbocycles. The minimum atomic E-state index is -0.678. The van der Waals surface area contributed by atoms with Gasteiger partial charge >= 0.3 is 5.97 Å². The second kappa shape index (κ2) is 8.29. The monoisotopic (exact) mass is 325 g/mol. The molecule has 0 aliphatic heterocycles. The lowest BCUT2D eigenvalue weighted by molar-refractivity contribution is -0.140. The maximum Gasteiger partial charge on any atom is 0.334 e. The summed E-state index contributed by atoms with van der Waals surface area (Å²) in [6.45, 7) is 5.72. The average molecular weight is 325 g/mol. The first-order valence-corrected chi connectivity index (χ1v) is 8.07. The molecule has 1 unspecified atom stereocenters. The summed E-state index contributed by atoms with van der Waals surface area (Å²) in [5.74, 6) is -0.229. The molecule has 0 saturated carbocycles. The lowest BCUT2D eigenvalue weighted by Crippen LogP contribution is -2.46. The molecule has 0 radical (unpaired) electrons. The van der Waals surface area contributed by atoms with Crippen LogP contribution in [0.3, 0.4) is 0 Å². The molecule has 1 atom stereocenters. The van der Waals surface area contributed by atoms with E-state index >= 15 is 0 Å². The maximum atomic E-state index is 12.4. The fourth-order valence-electron chi connectivity index (χ4n) is 2.29. The zero-order chi connectivity index (χ0) is 17.5. The van der Waals surface area contributed by atoms with Crippen LogP contribution in [-0.4, -0.2) is 17.9 Å². The fourth-order valence-corrected chi connectivity index (χ4v) is 2.29. The molecule has 0 saturated heterocycles. The number of benzene rings is 2. The Labute approximate surface area is 142 Å². The summed E-state index contributed by atoms with van der Waals surface area (Å²) in [6.07, 6.45) is 0.238. The second-order valence-corrected chi connectivity index (χ2v) is 6.19. The SMILES string of the molecule is Cc1ccc(OC(=O)C(NC(=O)Cc2ccccc2)C(C)C)cc1. The van der Waals surface area contributed by atoms with Gasteiger partial charge in [0.2, 0.25) is 5.91 Å². The highest BCUT2D eigenvalue weighted by atomic mass is 16.5. The topological polar surface area (TPSA) is 55.4 Å². The number of amides is 1. The molecule has 0 heterocycles. The molecule has 2 rings (SSSR count). The van der Waals surface area contributed by atoms with Crippen molar-refractivity contribution in [2.45, 2.75) is 33.2 Å². The van der Waals surface area contributed by atoms with E-state index in [1.807, 2.05) is 63.2 Å². The van der Waals surface area contributed by atoms with Crippen LogP contribution >= 0.6 is 0 Å². The van der Waals surface area contributed by atoms with E-state index in [2.05, 4.69) is 5.32 Å². The molecule has 0 aliphatic rings. The Kier molecular flexibility index (Phi) is 6.13. The summed E-state index contributed by atoms with van der Waals surface area (Å²) >= 11 is 0. The Morgan fingerprint density at radius 1 is 1.00 bits per heavy atom. The molecule has 0 aromatic heterocycles. The number of aryl methyl sites for hydroxylation is 1. The van der Waals surface area contributed by atoms with Crippen LogP contribution in [-0.2, 0) is 16.0 Å². The smallest absolute Gasteiger partial charge is 0.334 e. The number of esters is 1. The van der Waals surface area contributed by atoms with Crippen LogP contribution < -0.4 is 10.1 Å². The summed E-state index contributed by atoms with van der Waals surface area (Å²) in [7, 11) is 0. The van der Waals surface area contributed by atoms with E-state index in [1.165, 1.54) is 0 Å². The second-order valence-electron chi connectivity index (χ2n) is 6.19. The van der Waals surface area contributed by atoms with Crippen molar-refractivity contribution in [2.24, 2.45) is 5.92 Å². The minimum Gasteiger partial charge on any atom is -0.425 e. The fraction of sp³-hybridized carbons (Fsp3) is 0.300. The predicted molar refractivity (Wildman–Crippen MR) is 93.7 cm³/mol. The van der Waals surface area contributed by atoms with Crippen molar-refractivity contribution in [3.05, 3.63) is 65.7 Å². The molecular formula is C20H23NO3. The van der Waals surface area contributed by atoms with Crippen LogP contribution in [0, 0.1) is 12.8 Å². The maximum absolute atomic E-state index is 12.4. The Balaban J connectivity index is 1.98. The molecule has 0 fully saturated rings. The molecule has 0 aliphatic carbocycles. The Hall–Kier alpha value is -2.62. The van der Waals surface area contributed by atoms with Gasteiger partial charge in [0.15, 0.2) is 0 Å². The van der Waals surface area contributed by atoms with E-state index in [0.29, 0.717) is 5.75 Å². The predicted octanol–water partition coefficient (Wildman–Crippen LogP) is 3.28. The lowest BCUT2D eigenvalue weighted by atomic mass is 10.0. The number of nitrogens with one attached hydrogen (secondary N) is 1. The third-order valence-electron chi connectivity index (χ3n) is 3.68. The van der Waals surface area contributed by atoms with Crippen molar-refractivity contribution in [1.29, 1.82) is 0 Å². The van der Waals surface area contributed by atoms with Gasteiger partial charge in [0.25, 0.3) is 0 Å². The van der Waals surface area contributed by atoms with Gasteiger partial charge in [-0.3, -0.25) is 4.79 Å². The van der Waals surface area contributed by atoms with Crippen LogP contribution in [0.2, 0.25) is 0 Å². The third-order valence-corrected chi connectivity index (χ3v) is 3.68. The van der Waals surface area contributed by atoms with Crippen molar-refractivity contribution >= 4 is 11.9 Å². The molecule has 126 valence electrons. The van der Waals surface area contributed by atoms with Crippen molar-refractivity contribution in [3.8, 4) is 5.75 Å². The molecule has 0 spiro atoms. The summed E-state index contributed by atoms with van der Waals surface area (Å²) < 4.78 is 5.39. The minimum absolute atomic E-state index is 0.0670. The van der Waals surface area contributed by atoms with E-state index in [4.69, 9.17) is 4.74 Å². The van der Waals surface area contributed by atoms with Crippen LogP contribution in [0.25, 0.3) is 0 Å². The summed E-state index contributed by atoms with van der Waals surface area (Å²) in [5, 5.41) is 2.78. The lowest BCUT2D eigenvalue weighted by Gasteiger charge is -2.20. The van der Waals surface area contributed by atoms with E-state index in [9.17, 15) is 9.59 Å². The number of carbonyl (C=O) groups is 2. The van der Waals surface area contributed by atoms with Gasteiger partial charge < -0.3 is 10.1 Å². The van der Waals surface area contributed by atoms with Crippen LogP contribution in [0.1, 0.15) is 25.0 Å². The molecule has 24 heavy (non-hydrogen) atoms. The van der Waals surface area contributed by atoms with Crippen molar-refractivity contribution in [2.75, 3.05) is 0 Å². The van der Waals surface area contributed by atoms with Gasteiger partial charge in [-0.05, 0) is 30.5 Å². The largest absolute Gasteiger partial charge is 0.425 e. The van der Waals surface area contributed by atoms with Gasteiger partial charge in [-0.1, -0.05) is 61.9 Å². The first-order valence-electron chi connectivity index (χ1n) is 8.07. The van der Waals surface area contributed by atoms with E-state index in [0.717, 1.165) is 11.1 Å². The number of rotatable bonds is 6. The van der Waals surface area contributed by atoms with E-state index in [1.54, 1.807) is 12.1 Å². The quantitative estimate of drug-likeness (QED) is 0.655. The number of hydrogen-bond acceptors (Lipinski definition) is 3. The summed E-state index contributed by atoms with van der Waals surface area (Å²) in [5.41, 5.74) is 2.00. The zero-order valence-electron chi connectivity index (χ0n) is 14.3. The van der Waals surface area contributed by atoms with Gasteiger partial charge in [-0.2, -0.15) is 0 Å². The highest BCUT2D eigenvalue weighted by molar-refractivity contribution is 5.86. The zero-order valence-corrected chi connectivity index (χ0v) is 14.3. The van der Waals surface area contributed by atoms with Gasteiger partial charge in [0.1, 0.15) is 11.8 Å². The standard InChI is InChI=1S/C20H23NO3/c1-14(2)19(20(23)24-17-11-9-15(3)10-12-17)21-18(22)13-16-7-5-4-6-8-16/h4-12,14,19H,13H2,1-3H3,(H,21,22). The van der Waals surface area contributed by atoms with Crippen molar-refractivity contribution < 1.29 is 14.3 Å². The molecule has 1 amide bonds. The molecule has 2 aromatic rings. The number of ether oxygens (including phenoxy) is 1. The molecule has 4 nitrogen and oxygen atoms in total. The Bertz CT molecular complexity index is 678. The van der Waals surface area contributed by atoms with Crippen LogP contribution in [0.5, 0.6) is 5.75 Å². The van der Waals surface area contributed by atoms with Gasteiger partial charge in [-0.15, -0.1) is 0 Å². The Morgan fingerprint density at radius 3 is 2.21 bits per heavy atom. The van der Waals surface area contributed by atoms with Gasteiger partial charge in [-0.25, -0.2) is 4.79 Å². The first-order chi connectivity index (χ1) is 11.5. The third kappa shape index (κ3) is 5.23. The molecule has 4 heteroatoms. The van der Waals surface area contributed by atoms with Crippen molar-refractivity contribution in [1.82, 2.24) is 5.32 Å². The van der Waals surface area contributed by atoms with Gasteiger partial charge in [0, 0.05) is 0 Å². The molecule has 1 N–H and O–H groups in total. The normalized spacial score (nSPS) is 11.8. The number of carbonyl (C=O) groups excluding carboxylic acids is 2. The first kappa shape index (κ1) is 17.7. The van der Waals surface area contributed by atoms with Gasteiger partial charge in [0.05, 0.1) is 6.42 Å². The van der Waals surface area contributed by atoms with Crippen LogP contribution in [0.15, 0.2) is 54.6 Å². The van der Waals surface area contributed by atoms with Crippen molar-refractivity contribution in [3.63, 3.8) is 0 Å². The van der Waals surface area contributed by atoms with E-state index in [-0.39, 0.29) is 18.2 Å². The highest BCUT2D eigenvalue weighted by Crippen LogP contribution is 2.14. The van der Waals surface area contributed by atoms with E-state index < -0.39 is 12.0 Å². The summed E-state index contributed by atoms with van der Waals surface area (Å²) in [4.78, 5) is 24.6. The van der Waals surface area contributed by atoms with Crippen LogP contribution in [0.4, 0.5) is 0 Å². The Morgan fingerprint density at radius 2 is 1.62 bits per heavy atom.